The zero-order valence-electron chi connectivity index (χ0n) is 18.0. The molecular weight excluding hydrogens is 412 g/mol. The van der Waals surface area contributed by atoms with Crippen LogP contribution in [-0.4, -0.2) is 68.3 Å². The van der Waals surface area contributed by atoms with Crippen molar-refractivity contribution in [1.29, 1.82) is 0 Å². The van der Waals surface area contributed by atoms with Crippen molar-refractivity contribution in [3.63, 3.8) is 0 Å². The molecule has 2 aliphatic heterocycles. The van der Waals surface area contributed by atoms with Gasteiger partial charge >= 0.3 is 0 Å². The summed E-state index contributed by atoms with van der Waals surface area (Å²) in [6.07, 6.45) is 0.853. The summed E-state index contributed by atoms with van der Waals surface area (Å²) in [7, 11) is 1.59. The molecule has 2 fully saturated rings. The van der Waals surface area contributed by atoms with E-state index in [0.717, 1.165) is 23.5 Å². The van der Waals surface area contributed by atoms with Crippen molar-refractivity contribution in [1.82, 2.24) is 9.80 Å². The molecule has 2 atom stereocenters. The van der Waals surface area contributed by atoms with Crippen LogP contribution in [0.1, 0.15) is 17.9 Å². The maximum atomic E-state index is 13.0. The number of hydrogen-bond acceptors (Lipinski definition) is 6. The molecule has 0 radical (unpaired) electrons. The molecular formula is C24H26N2O6. The molecule has 32 heavy (non-hydrogen) atoms. The number of ether oxygens (including phenoxy) is 4. The van der Waals surface area contributed by atoms with Crippen LogP contribution in [0.2, 0.25) is 0 Å². The molecule has 2 unspecified atom stereocenters. The summed E-state index contributed by atoms with van der Waals surface area (Å²) in [6.45, 7) is 2.36. The predicted octanol–water partition coefficient (Wildman–Crippen LogP) is 2.28. The van der Waals surface area contributed by atoms with Gasteiger partial charge in [-0.2, -0.15) is 0 Å². The first-order chi connectivity index (χ1) is 15.6. The summed E-state index contributed by atoms with van der Waals surface area (Å²) in [5.41, 5.74) is 1.12. The number of hydrogen-bond donors (Lipinski definition) is 0. The van der Waals surface area contributed by atoms with Gasteiger partial charge in [-0.3, -0.25) is 9.59 Å². The van der Waals surface area contributed by atoms with Gasteiger partial charge in [-0.15, -0.1) is 0 Å². The second-order valence-corrected chi connectivity index (χ2v) is 8.24. The van der Waals surface area contributed by atoms with Crippen molar-refractivity contribution in [2.45, 2.75) is 12.3 Å². The fourth-order valence-electron chi connectivity index (χ4n) is 4.32. The van der Waals surface area contributed by atoms with Gasteiger partial charge in [0.05, 0.1) is 7.11 Å². The Morgan fingerprint density at radius 2 is 1.72 bits per heavy atom. The highest BCUT2D eigenvalue weighted by Crippen LogP contribution is 2.50. The van der Waals surface area contributed by atoms with E-state index >= 15 is 0 Å². The van der Waals surface area contributed by atoms with Crippen LogP contribution in [0.25, 0.3) is 0 Å². The Balaban J connectivity index is 1.09. The maximum absolute atomic E-state index is 13.0. The molecule has 168 valence electrons. The number of fused-ring (bicyclic) bond motifs is 1. The fraction of sp³-hybridized carbons (Fsp3) is 0.417. The molecule has 0 aromatic heterocycles. The molecule has 2 aromatic rings. The van der Waals surface area contributed by atoms with Crippen LogP contribution < -0.4 is 18.9 Å². The molecule has 3 aliphatic rings. The van der Waals surface area contributed by atoms with Crippen LogP contribution >= 0.6 is 0 Å². The van der Waals surface area contributed by atoms with Gasteiger partial charge < -0.3 is 28.7 Å². The number of carbonyl (C=O) groups excluding carboxylic acids is 2. The quantitative estimate of drug-likeness (QED) is 0.689. The number of piperazine rings is 1. The highest BCUT2D eigenvalue weighted by Gasteiger charge is 2.46. The van der Waals surface area contributed by atoms with Crippen LogP contribution in [0.3, 0.4) is 0 Å². The minimum Gasteiger partial charge on any atom is -0.497 e. The van der Waals surface area contributed by atoms with E-state index in [4.69, 9.17) is 18.9 Å². The van der Waals surface area contributed by atoms with Crippen LogP contribution in [-0.2, 0) is 9.59 Å². The van der Waals surface area contributed by atoms with E-state index in [1.165, 1.54) is 0 Å². The standard InChI is InChI=1S/C24H26N2O6/c1-29-17-3-2-4-18(12-17)30-14-23(27)25-7-9-26(10-8-25)24(28)20-13-19(20)16-5-6-21-22(11-16)32-15-31-21/h2-6,11-12,19-20H,7-10,13-15H2,1H3. The number of benzene rings is 2. The van der Waals surface area contributed by atoms with E-state index in [9.17, 15) is 9.59 Å². The number of nitrogens with zero attached hydrogens (tertiary/aromatic N) is 2. The van der Waals surface area contributed by atoms with Crippen molar-refractivity contribution in [3.8, 4) is 23.0 Å². The Morgan fingerprint density at radius 1 is 0.969 bits per heavy atom. The largest absolute Gasteiger partial charge is 0.497 e. The molecule has 8 heteroatoms. The SMILES string of the molecule is COc1cccc(OCC(=O)N2CCN(C(=O)C3CC3c3ccc4c(c3)OCO4)CC2)c1. The van der Waals surface area contributed by atoms with E-state index in [2.05, 4.69) is 0 Å². The molecule has 5 rings (SSSR count). The lowest BCUT2D eigenvalue weighted by molar-refractivity contribution is -0.141. The van der Waals surface area contributed by atoms with Gasteiger partial charge in [0.15, 0.2) is 18.1 Å². The van der Waals surface area contributed by atoms with Gasteiger partial charge in [0, 0.05) is 38.2 Å². The zero-order valence-corrected chi connectivity index (χ0v) is 18.0. The molecule has 2 amide bonds. The number of carbonyl (C=O) groups is 2. The Labute approximate surface area is 186 Å². The van der Waals surface area contributed by atoms with Crippen LogP contribution in [0.5, 0.6) is 23.0 Å². The van der Waals surface area contributed by atoms with Crippen molar-refractivity contribution in [3.05, 3.63) is 48.0 Å². The van der Waals surface area contributed by atoms with Gasteiger partial charge in [-0.05, 0) is 42.2 Å². The Hall–Kier alpha value is -3.42. The van der Waals surface area contributed by atoms with E-state index < -0.39 is 0 Å². The van der Waals surface area contributed by atoms with Gasteiger partial charge in [0.1, 0.15) is 11.5 Å². The lowest BCUT2D eigenvalue weighted by Crippen LogP contribution is -2.52. The first-order valence-electron chi connectivity index (χ1n) is 10.9. The number of methoxy groups -OCH3 is 1. The van der Waals surface area contributed by atoms with Gasteiger partial charge in [-0.1, -0.05) is 12.1 Å². The smallest absolute Gasteiger partial charge is 0.260 e. The fourth-order valence-corrected chi connectivity index (χ4v) is 4.32. The average molecular weight is 438 g/mol. The van der Waals surface area contributed by atoms with Crippen molar-refractivity contribution in [2.75, 3.05) is 46.7 Å². The molecule has 2 aromatic carbocycles. The van der Waals surface area contributed by atoms with E-state index in [0.29, 0.717) is 37.7 Å². The summed E-state index contributed by atoms with van der Waals surface area (Å²) < 4.78 is 21.6. The molecule has 2 heterocycles. The first kappa shape index (κ1) is 20.5. The van der Waals surface area contributed by atoms with Crippen molar-refractivity contribution < 1.29 is 28.5 Å². The topological polar surface area (TPSA) is 77.5 Å². The monoisotopic (exact) mass is 438 g/mol. The van der Waals surface area contributed by atoms with Gasteiger partial charge in [0.2, 0.25) is 12.7 Å². The third kappa shape index (κ3) is 4.17. The minimum absolute atomic E-state index is 0.00835. The van der Waals surface area contributed by atoms with Crippen LogP contribution in [0.15, 0.2) is 42.5 Å². The molecule has 8 nitrogen and oxygen atoms in total. The maximum Gasteiger partial charge on any atom is 0.260 e. The third-order valence-electron chi connectivity index (χ3n) is 6.28. The van der Waals surface area contributed by atoms with Crippen molar-refractivity contribution >= 4 is 11.8 Å². The van der Waals surface area contributed by atoms with E-state index in [-0.39, 0.29) is 37.0 Å². The highest BCUT2D eigenvalue weighted by molar-refractivity contribution is 5.84. The normalized spacial score (nSPS) is 21.3. The first-order valence-corrected chi connectivity index (χ1v) is 10.9. The number of amides is 2. The lowest BCUT2D eigenvalue weighted by atomic mass is 10.1. The van der Waals surface area contributed by atoms with Gasteiger partial charge in [-0.25, -0.2) is 0 Å². The Bertz CT molecular complexity index is 1020. The summed E-state index contributed by atoms with van der Waals surface area (Å²) in [5.74, 6) is 3.12. The molecule has 0 spiro atoms. The van der Waals surface area contributed by atoms with Gasteiger partial charge in [0.25, 0.3) is 5.91 Å². The number of rotatable bonds is 6. The Morgan fingerprint density at radius 3 is 2.53 bits per heavy atom. The van der Waals surface area contributed by atoms with E-state index in [1.54, 1.807) is 24.1 Å². The van der Waals surface area contributed by atoms with Crippen LogP contribution in [0.4, 0.5) is 0 Å². The molecule has 0 N–H and O–H groups in total. The lowest BCUT2D eigenvalue weighted by Gasteiger charge is -2.35. The summed E-state index contributed by atoms with van der Waals surface area (Å²) in [4.78, 5) is 29.1. The highest BCUT2D eigenvalue weighted by atomic mass is 16.7. The second-order valence-electron chi connectivity index (χ2n) is 8.24. The summed E-state index contributed by atoms with van der Waals surface area (Å²) >= 11 is 0. The molecule has 1 aliphatic carbocycles. The second kappa shape index (κ2) is 8.61. The molecule has 1 saturated heterocycles. The third-order valence-corrected chi connectivity index (χ3v) is 6.28. The zero-order chi connectivity index (χ0) is 22.1. The average Bonchev–Trinajstić information content (AvgIpc) is 3.51. The predicted molar refractivity (Wildman–Crippen MR) is 115 cm³/mol. The Kier molecular flexibility index (Phi) is 5.51. The minimum atomic E-state index is -0.0791. The van der Waals surface area contributed by atoms with E-state index in [1.807, 2.05) is 35.2 Å². The molecule has 1 saturated carbocycles. The summed E-state index contributed by atoms with van der Waals surface area (Å²) in [5, 5.41) is 0. The summed E-state index contributed by atoms with van der Waals surface area (Å²) in [6, 6.07) is 13.1. The van der Waals surface area contributed by atoms with Crippen LogP contribution in [0, 0.1) is 5.92 Å². The molecule has 0 bridgehead atoms. The van der Waals surface area contributed by atoms with Crippen molar-refractivity contribution in [2.24, 2.45) is 5.92 Å².